The van der Waals surface area contributed by atoms with Crippen molar-refractivity contribution in [2.24, 2.45) is 0 Å². The summed E-state index contributed by atoms with van der Waals surface area (Å²) in [6.07, 6.45) is 0. The van der Waals surface area contributed by atoms with Crippen molar-refractivity contribution < 1.29 is 0 Å². The number of allylic oxidation sites excluding steroid dienone is 4. The van der Waals surface area contributed by atoms with E-state index in [1.165, 1.54) is 11.1 Å². The van der Waals surface area contributed by atoms with Crippen molar-refractivity contribution in [1.29, 1.82) is 0 Å². The molecular weight excluding hydrogens is 175 g/mol. The number of rotatable bonds is 0. The molecule has 0 spiro atoms. The minimum atomic E-state index is 0.0620. The van der Waals surface area contributed by atoms with E-state index < -0.39 is 0 Å². The highest BCUT2D eigenvalue weighted by Crippen LogP contribution is 2.82. The third kappa shape index (κ3) is 2.05. The molecule has 1 aliphatic heterocycles. The summed E-state index contributed by atoms with van der Waals surface area (Å²) in [6, 6.07) is 0. The summed E-state index contributed by atoms with van der Waals surface area (Å²) in [4.78, 5) is 0. The van der Waals surface area contributed by atoms with Crippen LogP contribution in [0.3, 0.4) is 0 Å². The molecule has 0 radical (unpaired) electrons. The van der Waals surface area contributed by atoms with Crippen molar-refractivity contribution in [3.8, 4) is 0 Å². The summed E-state index contributed by atoms with van der Waals surface area (Å²) in [5, 5.41) is 3.83. The van der Waals surface area contributed by atoms with Gasteiger partial charge in [0.1, 0.15) is 0 Å². The second kappa shape index (κ2) is 3.24. The molecule has 0 saturated carbocycles. The van der Waals surface area contributed by atoms with Crippen LogP contribution in [-0.4, -0.2) is 5.16 Å². The van der Waals surface area contributed by atoms with Crippen molar-refractivity contribution in [2.75, 3.05) is 0 Å². The van der Waals surface area contributed by atoms with Crippen LogP contribution < -0.4 is 0 Å². The van der Waals surface area contributed by atoms with E-state index in [0.717, 1.165) is 0 Å². The van der Waals surface area contributed by atoms with E-state index in [9.17, 15) is 0 Å². The van der Waals surface area contributed by atoms with E-state index >= 15 is 0 Å². The lowest BCUT2D eigenvalue weighted by Gasteiger charge is -2.16. The molecule has 1 heterocycles. The molecule has 1 rings (SSSR count). The quantitative estimate of drug-likeness (QED) is 0.485. The zero-order chi connectivity index (χ0) is 10.4. The highest BCUT2D eigenvalue weighted by atomic mass is 31.1. The SMILES string of the molecule is CC(C)=C1C(=C(C)C)P1C(C)(C)C. The maximum atomic E-state index is 2.36. The molecular formula is C12H21P. The predicted octanol–water partition coefficient (Wildman–Crippen LogP) is 4.87. The summed E-state index contributed by atoms with van der Waals surface area (Å²) in [5.74, 6) is 0. The van der Waals surface area contributed by atoms with E-state index in [4.69, 9.17) is 0 Å². The van der Waals surface area contributed by atoms with Crippen molar-refractivity contribution in [3.63, 3.8) is 0 Å². The van der Waals surface area contributed by atoms with Gasteiger partial charge < -0.3 is 0 Å². The summed E-state index contributed by atoms with van der Waals surface area (Å²) >= 11 is 0. The highest BCUT2D eigenvalue weighted by molar-refractivity contribution is 7.78. The first-order valence-electron chi connectivity index (χ1n) is 4.92. The Balaban J connectivity index is 3.09. The highest BCUT2D eigenvalue weighted by Gasteiger charge is 2.46. The van der Waals surface area contributed by atoms with Crippen molar-refractivity contribution in [3.05, 3.63) is 21.8 Å². The maximum absolute atomic E-state index is 2.36. The second-order valence-electron chi connectivity index (χ2n) is 5.20. The van der Waals surface area contributed by atoms with Gasteiger partial charge in [0.2, 0.25) is 0 Å². The summed E-state index contributed by atoms with van der Waals surface area (Å²) in [5.41, 5.74) is 3.05. The Hall–Kier alpha value is -0.0900. The normalized spacial score (nSPS) is 21.9. The van der Waals surface area contributed by atoms with Gasteiger partial charge in [-0.3, -0.25) is 0 Å². The molecule has 1 fully saturated rings. The number of hydrogen-bond donors (Lipinski definition) is 0. The molecule has 1 heteroatoms. The predicted molar refractivity (Wildman–Crippen MR) is 63.4 cm³/mol. The average molecular weight is 196 g/mol. The molecule has 0 aromatic heterocycles. The van der Waals surface area contributed by atoms with Crippen LogP contribution in [0.25, 0.3) is 0 Å². The zero-order valence-electron chi connectivity index (χ0n) is 9.95. The number of hydrogen-bond acceptors (Lipinski definition) is 0. The Labute approximate surface area is 83.9 Å². The second-order valence-corrected chi connectivity index (χ2v) is 8.11. The van der Waals surface area contributed by atoms with Gasteiger partial charge in [0.05, 0.1) is 0 Å². The lowest BCUT2D eigenvalue weighted by atomic mass is 10.2. The van der Waals surface area contributed by atoms with Crippen LogP contribution in [-0.2, 0) is 0 Å². The molecule has 74 valence electrons. The van der Waals surface area contributed by atoms with Crippen molar-refractivity contribution >= 4 is 7.92 Å². The monoisotopic (exact) mass is 196 g/mol. The van der Waals surface area contributed by atoms with Gasteiger partial charge in [-0.05, 0) is 51.4 Å². The molecule has 0 nitrogen and oxygen atoms in total. The topological polar surface area (TPSA) is 0 Å². The van der Waals surface area contributed by atoms with E-state index in [0.29, 0.717) is 5.16 Å². The smallest absolute Gasteiger partial charge is 0.00987 e. The van der Waals surface area contributed by atoms with Gasteiger partial charge in [0, 0.05) is 0 Å². The Morgan fingerprint density at radius 3 is 1.23 bits per heavy atom. The van der Waals surface area contributed by atoms with Crippen LogP contribution in [0.2, 0.25) is 0 Å². The molecule has 0 atom stereocenters. The molecule has 0 aromatic rings. The maximum Gasteiger partial charge on any atom is -0.00987 e. The van der Waals surface area contributed by atoms with Crippen LogP contribution in [0.1, 0.15) is 48.5 Å². The van der Waals surface area contributed by atoms with Gasteiger partial charge in [0.25, 0.3) is 0 Å². The standard InChI is InChI=1S/C12H21P/c1-8(2)10-11(9(3)4)13(10)12(5,6)7/h1-7H3. The summed E-state index contributed by atoms with van der Waals surface area (Å²) < 4.78 is 0. The molecule has 0 amide bonds. The van der Waals surface area contributed by atoms with Gasteiger partial charge >= 0.3 is 0 Å². The summed E-state index contributed by atoms with van der Waals surface area (Å²) in [7, 11) is 0.0620. The van der Waals surface area contributed by atoms with Crippen LogP contribution >= 0.6 is 7.92 Å². The molecule has 1 aliphatic rings. The van der Waals surface area contributed by atoms with E-state index in [-0.39, 0.29) is 7.92 Å². The molecule has 1 saturated heterocycles. The largest absolute Gasteiger partial charge is 0.0677 e. The van der Waals surface area contributed by atoms with E-state index in [1.807, 2.05) is 0 Å². The molecule has 0 bridgehead atoms. The third-order valence-electron chi connectivity index (χ3n) is 2.24. The first-order chi connectivity index (χ1) is 5.76. The van der Waals surface area contributed by atoms with Gasteiger partial charge in [-0.2, -0.15) is 0 Å². The summed E-state index contributed by atoms with van der Waals surface area (Å²) in [6.45, 7) is 16.0. The molecule has 0 aliphatic carbocycles. The molecule has 13 heavy (non-hydrogen) atoms. The zero-order valence-corrected chi connectivity index (χ0v) is 10.8. The fourth-order valence-electron chi connectivity index (χ4n) is 1.76. The van der Waals surface area contributed by atoms with Crippen LogP contribution in [0, 0.1) is 0 Å². The fourth-order valence-corrected chi connectivity index (χ4v) is 4.92. The fraction of sp³-hybridized carbons (Fsp3) is 0.667. The van der Waals surface area contributed by atoms with E-state index in [1.54, 1.807) is 10.6 Å². The van der Waals surface area contributed by atoms with Gasteiger partial charge in [-0.1, -0.05) is 31.9 Å². The Bertz CT molecular complexity index is 255. The molecule has 0 unspecified atom stereocenters. The first-order valence-corrected chi connectivity index (χ1v) is 6.26. The molecule has 0 aromatic carbocycles. The van der Waals surface area contributed by atoms with Crippen molar-refractivity contribution in [2.45, 2.75) is 53.6 Å². The van der Waals surface area contributed by atoms with Crippen molar-refractivity contribution in [1.82, 2.24) is 0 Å². The third-order valence-corrected chi connectivity index (χ3v) is 5.59. The average Bonchev–Trinajstić information content (AvgIpc) is 2.56. The Morgan fingerprint density at radius 1 is 0.846 bits per heavy atom. The lowest BCUT2D eigenvalue weighted by Crippen LogP contribution is -2.04. The van der Waals surface area contributed by atoms with Crippen LogP contribution in [0.4, 0.5) is 0 Å². The Morgan fingerprint density at radius 2 is 1.15 bits per heavy atom. The lowest BCUT2D eigenvalue weighted by molar-refractivity contribution is 0.796. The minimum absolute atomic E-state index is 0.0620. The first kappa shape index (κ1) is 11.0. The van der Waals surface area contributed by atoms with Crippen LogP contribution in [0.15, 0.2) is 21.8 Å². The van der Waals surface area contributed by atoms with Gasteiger partial charge in [-0.25, -0.2) is 0 Å². The van der Waals surface area contributed by atoms with E-state index in [2.05, 4.69) is 48.5 Å². The van der Waals surface area contributed by atoms with Gasteiger partial charge in [-0.15, -0.1) is 0 Å². The van der Waals surface area contributed by atoms with Gasteiger partial charge in [0.15, 0.2) is 0 Å². The minimum Gasteiger partial charge on any atom is -0.0677 e. The molecule has 0 N–H and O–H groups in total. The van der Waals surface area contributed by atoms with Crippen LogP contribution in [0.5, 0.6) is 0 Å². The Kier molecular flexibility index (Phi) is 2.74.